The van der Waals surface area contributed by atoms with Crippen molar-refractivity contribution in [3.63, 3.8) is 0 Å². The highest BCUT2D eigenvalue weighted by atomic mass is 16.3. The number of furan rings is 2. The lowest BCUT2D eigenvalue weighted by Crippen LogP contribution is -2.18. The van der Waals surface area contributed by atoms with Crippen LogP contribution in [0.3, 0.4) is 0 Å². The molecule has 73 heavy (non-hydrogen) atoms. The second kappa shape index (κ2) is 17.3. The Labute approximate surface area is 423 Å². The molecule has 0 spiro atoms. The van der Waals surface area contributed by atoms with Crippen LogP contribution in [0.5, 0.6) is 0 Å². The number of anilines is 6. The highest BCUT2D eigenvalue weighted by Crippen LogP contribution is 2.46. The molecule has 5 heterocycles. The molecule has 8 aromatic carbocycles. The van der Waals surface area contributed by atoms with Gasteiger partial charge >= 0.3 is 0 Å². The Morgan fingerprint density at radius 3 is 2.25 bits per heavy atom. The SMILES string of the molecule is C=C1/C=C\C=C/N(c2ccc3oc4c(c3c2)C=CCC4C)c2ccc3c(oc4ccc(-n5c6ccc(Nc7ccccc7-c7ccccc7)cc6c6cc(N7C/C=C\C=C/Cc8ccccc87)ccc65)cc43)c21. The zero-order chi connectivity index (χ0) is 48.6. The van der Waals surface area contributed by atoms with Gasteiger partial charge in [-0.1, -0.05) is 129 Å². The van der Waals surface area contributed by atoms with E-state index in [0.29, 0.717) is 5.92 Å². The van der Waals surface area contributed by atoms with Gasteiger partial charge in [0, 0.05) is 96.4 Å². The summed E-state index contributed by atoms with van der Waals surface area (Å²) in [5.41, 5.74) is 18.9. The number of hydrogen-bond acceptors (Lipinski definition) is 5. The van der Waals surface area contributed by atoms with Crippen molar-refractivity contribution in [3.05, 3.63) is 248 Å². The fourth-order valence-electron chi connectivity index (χ4n) is 11.4. The van der Waals surface area contributed by atoms with Gasteiger partial charge in [-0.3, -0.25) is 0 Å². The maximum Gasteiger partial charge on any atom is 0.145 e. The van der Waals surface area contributed by atoms with Crippen LogP contribution in [-0.2, 0) is 6.42 Å². The molecule has 350 valence electrons. The summed E-state index contributed by atoms with van der Waals surface area (Å²) >= 11 is 0. The van der Waals surface area contributed by atoms with Gasteiger partial charge in [-0.05, 0) is 133 Å². The number of fused-ring (bicyclic) bond motifs is 12. The Bertz CT molecular complexity index is 4210. The van der Waals surface area contributed by atoms with E-state index in [0.717, 1.165) is 125 Å². The maximum absolute atomic E-state index is 6.94. The Morgan fingerprint density at radius 1 is 0.575 bits per heavy atom. The van der Waals surface area contributed by atoms with E-state index in [1.54, 1.807) is 0 Å². The lowest BCUT2D eigenvalue weighted by molar-refractivity contribution is 0.504. The highest BCUT2D eigenvalue weighted by Gasteiger charge is 2.25. The minimum Gasteiger partial charge on any atom is -0.460 e. The molecule has 0 saturated heterocycles. The van der Waals surface area contributed by atoms with Gasteiger partial charge in [0.1, 0.15) is 22.5 Å². The van der Waals surface area contributed by atoms with Crippen LogP contribution in [0.15, 0.2) is 234 Å². The third-order valence-electron chi connectivity index (χ3n) is 15.0. The average Bonchev–Trinajstić information content (AvgIpc) is 4.11. The summed E-state index contributed by atoms with van der Waals surface area (Å²) in [5.74, 6) is 1.41. The fourth-order valence-corrected chi connectivity index (χ4v) is 11.4. The van der Waals surface area contributed by atoms with E-state index in [9.17, 15) is 0 Å². The molecule has 0 radical (unpaired) electrons. The zero-order valence-electron chi connectivity index (χ0n) is 40.4. The molecule has 0 fully saturated rings. The van der Waals surface area contributed by atoms with Crippen molar-refractivity contribution in [1.29, 1.82) is 0 Å². The lowest BCUT2D eigenvalue weighted by atomic mass is 9.94. The Kier molecular flexibility index (Phi) is 10.1. The molecule has 6 heteroatoms. The highest BCUT2D eigenvalue weighted by molar-refractivity contribution is 6.14. The number of rotatable bonds is 6. The molecule has 1 N–H and O–H groups in total. The molecule has 1 atom stereocenters. The molecule has 3 aliphatic rings. The molecule has 6 nitrogen and oxygen atoms in total. The topological polar surface area (TPSA) is 49.7 Å². The second-order valence-corrected chi connectivity index (χ2v) is 19.4. The first-order valence-electron chi connectivity index (χ1n) is 25.3. The first kappa shape index (κ1) is 42.6. The van der Waals surface area contributed by atoms with Crippen LogP contribution in [-0.4, -0.2) is 11.1 Å². The molecular formula is C67H50N4O2. The van der Waals surface area contributed by atoms with E-state index in [1.165, 1.54) is 27.8 Å². The summed E-state index contributed by atoms with van der Waals surface area (Å²) in [5, 5.41) is 9.35. The Balaban J connectivity index is 0.920. The van der Waals surface area contributed by atoms with E-state index in [-0.39, 0.29) is 0 Å². The van der Waals surface area contributed by atoms with Crippen molar-refractivity contribution in [2.45, 2.75) is 25.7 Å². The van der Waals surface area contributed by atoms with E-state index < -0.39 is 0 Å². The molecule has 1 unspecified atom stereocenters. The van der Waals surface area contributed by atoms with Crippen LogP contribution in [0.2, 0.25) is 0 Å². The van der Waals surface area contributed by atoms with Gasteiger partial charge < -0.3 is 28.5 Å². The molecule has 0 saturated carbocycles. The maximum atomic E-state index is 6.94. The molecule has 14 rings (SSSR count). The molecule has 0 bridgehead atoms. The average molecular weight is 943 g/mol. The summed E-state index contributed by atoms with van der Waals surface area (Å²) in [6.07, 6.45) is 23.4. The van der Waals surface area contributed by atoms with Crippen molar-refractivity contribution in [2.75, 3.05) is 21.7 Å². The Morgan fingerprint density at radius 2 is 1.33 bits per heavy atom. The summed E-state index contributed by atoms with van der Waals surface area (Å²) in [6.45, 7) is 7.59. The quantitative estimate of drug-likeness (QED) is 0.180. The van der Waals surface area contributed by atoms with Gasteiger partial charge in [0.05, 0.1) is 16.7 Å². The first-order chi connectivity index (χ1) is 36.0. The number of nitrogens with one attached hydrogen (secondary N) is 1. The summed E-state index contributed by atoms with van der Waals surface area (Å²) in [4.78, 5) is 4.68. The standard InChI is InChI=1S/C67H50N4O2/c1-43-17-13-15-38-70(49-29-35-63-56(41-49)52-24-16-18-44(2)66(52)72-63)62-34-31-53-57-42-50(30-36-64(57)73-67(53)65(43)62)71-60-32-27-47(68-58-25-11-10-23-51(58)45-19-7-5-8-20-45)39-54(60)55-40-48(28-33-61(55)71)69-37-14-4-3-6-21-46-22-9-12-26-59(46)69/h3-17,19-20,22-36,38-42,44,68H,1,18,21,37H2,2H3/b6-3-,14-4-,17-13-,38-15-. The summed E-state index contributed by atoms with van der Waals surface area (Å²) < 4.78 is 15.8. The summed E-state index contributed by atoms with van der Waals surface area (Å²) in [6, 6.07) is 59.2. The number of nitrogens with zero attached hydrogens (tertiary/aromatic N) is 3. The fraction of sp³-hybridized carbons (Fsp3) is 0.0746. The molecule has 11 aromatic rings. The van der Waals surface area contributed by atoms with Crippen LogP contribution in [0.4, 0.5) is 34.1 Å². The number of hydrogen-bond donors (Lipinski definition) is 1. The first-order valence-corrected chi connectivity index (χ1v) is 25.3. The second-order valence-electron chi connectivity index (χ2n) is 19.4. The number of benzene rings is 8. The van der Waals surface area contributed by atoms with E-state index in [4.69, 9.17) is 8.83 Å². The Hall–Kier alpha value is -9.26. The number of para-hydroxylation sites is 2. The molecule has 0 amide bonds. The van der Waals surface area contributed by atoms with Gasteiger partial charge in [0.15, 0.2) is 0 Å². The third-order valence-corrected chi connectivity index (χ3v) is 15.0. The largest absolute Gasteiger partial charge is 0.460 e. The van der Waals surface area contributed by atoms with Crippen molar-refractivity contribution in [3.8, 4) is 16.8 Å². The molecule has 1 aliphatic carbocycles. The van der Waals surface area contributed by atoms with Crippen molar-refractivity contribution in [1.82, 2.24) is 4.57 Å². The smallest absolute Gasteiger partial charge is 0.145 e. The van der Waals surface area contributed by atoms with E-state index >= 15 is 0 Å². The predicted molar refractivity (Wildman–Crippen MR) is 306 cm³/mol. The predicted octanol–water partition coefficient (Wildman–Crippen LogP) is 18.4. The normalized spacial score (nSPS) is 17.2. The van der Waals surface area contributed by atoms with Gasteiger partial charge in [-0.2, -0.15) is 0 Å². The minimum atomic E-state index is 0.346. The van der Waals surface area contributed by atoms with Gasteiger partial charge in [-0.25, -0.2) is 0 Å². The number of allylic oxidation sites excluding steroid dienone is 8. The summed E-state index contributed by atoms with van der Waals surface area (Å²) in [7, 11) is 0. The van der Waals surface area contributed by atoms with E-state index in [1.807, 2.05) is 0 Å². The van der Waals surface area contributed by atoms with Crippen LogP contribution in [0.25, 0.3) is 83.2 Å². The molecule has 3 aromatic heterocycles. The van der Waals surface area contributed by atoms with E-state index in [2.05, 4.69) is 258 Å². The van der Waals surface area contributed by atoms with Gasteiger partial charge in [0.25, 0.3) is 0 Å². The number of aromatic nitrogens is 1. The van der Waals surface area contributed by atoms with Crippen molar-refractivity contribution in [2.24, 2.45) is 0 Å². The lowest BCUT2D eigenvalue weighted by Gasteiger charge is -2.26. The van der Waals surface area contributed by atoms with Crippen LogP contribution >= 0.6 is 0 Å². The molecule has 2 aliphatic heterocycles. The molecular weight excluding hydrogens is 893 g/mol. The van der Waals surface area contributed by atoms with Crippen molar-refractivity contribution >= 4 is 100 Å². The van der Waals surface area contributed by atoms with Crippen LogP contribution in [0.1, 0.15) is 41.7 Å². The van der Waals surface area contributed by atoms with Gasteiger partial charge in [0.2, 0.25) is 0 Å². The van der Waals surface area contributed by atoms with Crippen LogP contribution in [0, 0.1) is 0 Å². The van der Waals surface area contributed by atoms with Gasteiger partial charge in [-0.15, -0.1) is 0 Å². The minimum absolute atomic E-state index is 0.346. The third kappa shape index (κ3) is 7.16. The van der Waals surface area contributed by atoms with Crippen LogP contribution < -0.4 is 15.1 Å². The monoisotopic (exact) mass is 942 g/mol. The van der Waals surface area contributed by atoms with Crippen molar-refractivity contribution < 1.29 is 8.83 Å². The zero-order valence-corrected chi connectivity index (χ0v) is 40.4.